The van der Waals surface area contributed by atoms with E-state index < -0.39 is 17.5 Å². The molecule has 0 radical (unpaired) electrons. The molecule has 2 aromatic carbocycles. The Morgan fingerprint density at radius 2 is 1.92 bits per heavy atom. The zero-order chi connectivity index (χ0) is 18.3. The van der Waals surface area contributed by atoms with Gasteiger partial charge in [-0.1, -0.05) is 17.4 Å². The molecule has 1 amide bonds. The predicted octanol–water partition coefficient (Wildman–Crippen LogP) is 4.32. The van der Waals surface area contributed by atoms with Crippen LogP contribution in [0.1, 0.15) is 16.1 Å². The highest BCUT2D eigenvalue weighted by Gasteiger charge is 2.16. The molecule has 0 bridgehead atoms. The van der Waals surface area contributed by atoms with Gasteiger partial charge in [-0.25, -0.2) is 13.8 Å². The second-order valence-corrected chi connectivity index (χ2v) is 6.64. The molecule has 0 saturated carbocycles. The maximum absolute atomic E-state index is 13.9. The van der Waals surface area contributed by atoms with Crippen LogP contribution >= 0.6 is 11.3 Å². The van der Waals surface area contributed by atoms with Crippen LogP contribution in [0.25, 0.3) is 15.3 Å². The fourth-order valence-electron chi connectivity index (χ4n) is 2.52. The van der Waals surface area contributed by atoms with Gasteiger partial charge in [-0.15, -0.1) is 0 Å². The van der Waals surface area contributed by atoms with Gasteiger partial charge in [0, 0.05) is 11.6 Å². The van der Waals surface area contributed by atoms with E-state index in [4.69, 9.17) is 0 Å². The van der Waals surface area contributed by atoms with Crippen molar-refractivity contribution in [3.05, 3.63) is 71.4 Å². The molecule has 0 aliphatic carbocycles. The average molecular weight is 370 g/mol. The Hall–Kier alpha value is -3.13. The summed E-state index contributed by atoms with van der Waals surface area (Å²) in [5.41, 5.74) is 1.24. The minimum absolute atomic E-state index is 0.261. The standard InChI is InChI=1S/C18H12F2N4OS/c1-10-9-15(21-17(25)11-5-7-12(19)8-6-11)24(23-10)18-22-16-13(20)3-2-4-14(16)26-18/h2-9H,1H3,(H,21,25). The summed E-state index contributed by atoms with van der Waals surface area (Å²) < 4.78 is 29.1. The molecule has 0 aliphatic rings. The zero-order valence-electron chi connectivity index (χ0n) is 13.5. The SMILES string of the molecule is Cc1cc(NC(=O)c2ccc(F)cc2)n(-c2nc3c(F)cccc3s2)n1. The normalized spacial score (nSPS) is 11.0. The fourth-order valence-corrected chi connectivity index (χ4v) is 3.46. The van der Waals surface area contributed by atoms with Crippen LogP contribution in [0.3, 0.4) is 0 Å². The summed E-state index contributed by atoms with van der Waals surface area (Å²) in [6.45, 7) is 1.78. The van der Waals surface area contributed by atoms with E-state index in [1.807, 2.05) is 0 Å². The lowest BCUT2D eigenvalue weighted by molar-refractivity contribution is 0.102. The van der Waals surface area contributed by atoms with Gasteiger partial charge in [0.25, 0.3) is 5.91 Å². The highest BCUT2D eigenvalue weighted by atomic mass is 32.1. The van der Waals surface area contributed by atoms with Crippen LogP contribution in [0.5, 0.6) is 0 Å². The van der Waals surface area contributed by atoms with Crippen LogP contribution in [0.4, 0.5) is 14.6 Å². The van der Waals surface area contributed by atoms with Crippen LogP contribution in [-0.2, 0) is 0 Å². The summed E-state index contributed by atoms with van der Waals surface area (Å²) in [7, 11) is 0. The first-order valence-electron chi connectivity index (χ1n) is 7.70. The summed E-state index contributed by atoms with van der Waals surface area (Å²) >= 11 is 1.27. The number of para-hydroxylation sites is 1. The Labute approximate surface area is 150 Å². The molecule has 2 heterocycles. The first kappa shape index (κ1) is 16.3. The maximum atomic E-state index is 13.9. The van der Waals surface area contributed by atoms with Gasteiger partial charge in [0.2, 0.25) is 5.13 Å². The van der Waals surface area contributed by atoms with Crippen molar-refractivity contribution >= 4 is 33.3 Å². The number of halogens is 2. The Kier molecular flexibility index (Phi) is 3.96. The van der Waals surface area contributed by atoms with Gasteiger partial charge < -0.3 is 5.32 Å². The number of nitrogens with one attached hydrogen (secondary N) is 1. The van der Waals surface area contributed by atoms with E-state index in [2.05, 4.69) is 15.4 Å². The molecule has 5 nitrogen and oxygen atoms in total. The number of rotatable bonds is 3. The van der Waals surface area contributed by atoms with Crippen LogP contribution in [0.15, 0.2) is 48.5 Å². The van der Waals surface area contributed by atoms with E-state index in [0.29, 0.717) is 26.9 Å². The van der Waals surface area contributed by atoms with E-state index in [1.54, 1.807) is 25.1 Å². The molecule has 4 rings (SSSR count). The quantitative estimate of drug-likeness (QED) is 0.584. The second-order valence-electron chi connectivity index (χ2n) is 5.63. The summed E-state index contributed by atoms with van der Waals surface area (Å²) in [6, 6.07) is 11.6. The second kappa shape index (κ2) is 6.30. The molecule has 0 spiro atoms. The first-order valence-corrected chi connectivity index (χ1v) is 8.52. The van der Waals surface area contributed by atoms with Crippen molar-refractivity contribution in [3.8, 4) is 5.13 Å². The van der Waals surface area contributed by atoms with Crippen molar-refractivity contribution in [3.63, 3.8) is 0 Å². The lowest BCUT2D eigenvalue weighted by Gasteiger charge is -2.06. The molecule has 130 valence electrons. The molecule has 0 aliphatic heterocycles. The van der Waals surface area contributed by atoms with Crippen LogP contribution < -0.4 is 5.32 Å². The highest BCUT2D eigenvalue weighted by Crippen LogP contribution is 2.28. The van der Waals surface area contributed by atoms with E-state index in [1.165, 1.54) is 46.4 Å². The maximum Gasteiger partial charge on any atom is 0.256 e. The number of hydrogen-bond acceptors (Lipinski definition) is 4. The topological polar surface area (TPSA) is 59.8 Å². The number of hydrogen-bond donors (Lipinski definition) is 1. The van der Waals surface area contributed by atoms with E-state index >= 15 is 0 Å². The molecule has 0 fully saturated rings. The third-order valence-electron chi connectivity index (χ3n) is 3.72. The number of nitrogens with zero attached hydrogens (tertiary/aromatic N) is 3. The third-order valence-corrected chi connectivity index (χ3v) is 4.72. The van der Waals surface area contributed by atoms with Gasteiger partial charge in [-0.3, -0.25) is 4.79 Å². The van der Waals surface area contributed by atoms with Crippen molar-refractivity contribution in [1.82, 2.24) is 14.8 Å². The number of carbonyl (C=O) groups excluding carboxylic acids is 1. The molecule has 0 saturated heterocycles. The Bertz CT molecular complexity index is 1120. The smallest absolute Gasteiger partial charge is 0.256 e. The van der Waals surface area contributed by atoms with Gasteiger partial charge in [0.05, 0.1) is 10.4 Å². The van der Waals surface area contributed by atoms with Crippen LogP contribution in [-0.4, -0.2) is 20.7 Å². The number of aromatic nitrogens is 3. The highest BCUT2D eigenvalue weighted by molar-refractivity contribution is 7.20. The lowest BCUT2D eigenvalue weighted by Crippen LogP contribution is -2.15. The van der Waals surface area contributed by atoms with E-state index in [9.17, 15) is 13.6 Å². The summed E-state index contributed by atoms with van der Waals surface area (Å²) in [4.78, 5) is 16.7. The average Bonchev–Trinajstić information content (AvgIpc) is 3.19. The van der Waals surface area contributed by atoms with Gasteiger partial charge in [0.1, 0.15) is 23.0 Å². The monoisotopic (exact) mass is 370 g/mol. The molecule has 4 aromatic rings. The number of aryl methyl sites for hydroxylation is 1. The Balaban J connectivity index is 1.71. The number of amides is 1. The molecular formula is C18H12F2N4OS. The number of benzene rings is 2. The zero-order valence-corrected chi connectivity index (χ0v) is 14.3. The molecule has 0 unspecified atom stereocenters. The molecule has 1 N–H and O–H groups in total. The van der Waals surface area contributed by atoms with Crippen molar-refractivity contribution in [1.29, 1.82) is 0 Å². The molecule has 2 aromatic heterocycles. The lowest BCUT2D eigenvalue weighted by atomic mass is 10.2. The van der Waals surface area contributed by atoms with Crippen molar-refractivity contribution < 1.29 is 13.6 Å². The molecule has 26 heavy (non-hydrogen) atoms. The number of carbonyl (C=O) groups is 1. The van der Waals surface area contributed by atoms with Gasteiger partial charge in [-0.05, 0) is 43.3 Å². The molecule has 8 heteroatoms. The Morgan fingerprint density at radius 3 is 2.65 bits per heavy atom. The summed E-state index contributed by atoms with van der Waals surface area (Å²) in [5.74, 6) is -0.834. The van der Waals surface area contributed by atoms with Crippen LogP contribution in [0, 0.1) is 18.6 Å². The van der Waals surface area contributed by atoms with Crippen molar-refractivity contribution in [2.45, 2.75) is 6.92 Å². The minimum atomic E-state index is -0.418. The number of fused-ring (bicyclic) bond motifs is 1. The summed E-state index contributed by atoms with van der Waals surface area (Å²) in [6.07, 6.45) is 0. The van der Waals surface area contributed by atoms with Crippen LogP contribution in [0.2, 0.25) is 0 Å². The van der Waals surface area contributed by atoms with E-state index in [-0.39, 0.29) is 5.52 Å². The summed E-state index contributed by atoms with van der Waals surface area (Å²) in [5, 5.41) is 7.51. The van der Waals surface area contributed by atoms with Crippen molar-refractivity contribution in [2.24, 2.45) is 0 Å². The van der Waals surface area contributed by atoms with Gasteiger partial charge in [-0.2, -0.15) is 9.78 Å². The number of anilines is 1. The number of thiazole rings is 1. The molecule has 0 atom stereocenters. The largest absolute Gasteiger partial charge is 0.306 e. The predicted molar refractivity (Wildman–Crippen MR) is 95.8 cm³/mol. The van der Waals surface area contributed by atoms with Gasteiger partial charge in [0.15, 0.2) is 0 Å². The minimum Gasteiger partial charge on any atom is -0.306 e. The van der Waals surface area contributed by atoms with Crippen molar-refractivity contribution in [2.75, 3.05) is 5.32 Å². The third kappa shape index (κ3) is 2.95. The Morgan fingerprint density at radius 1 is 1.15 bits per heavy atom. The fraction of sp³-hybridized carbons (Fsp3) is 0.0556. The first-order chi connectivity index (χ1) is 12.5. The molecular weight excluding hydrogens is 358 g/mol. The van der Waals surface area contributed by atoms with E-state index in [0.717, 1.165) is 0 Å². The van der Waals surface area contributed by atoms with Gasteiger partial charge >= 0.3 is 0 Å².